The minimum absolute atomic E-state index is 0.0243. The van der Waals surface area contributed by atoms with Gasteiger partial charge >= 0.3 is 0 Å². The Morgan fingerprint density at radius 3 is 2.58 bits per heavy atom. The summed E-state index contributed by atoms with van der Waals surface area (Å²) in [6.45, 7) is 1.87. The maximum absolute atomic E-state index is 12.1. The number of H-pyrrole nitrogens is 1. The lowest BCUT2D eigenvalue weighted by Crippen LogP contribution is -2.17. The van der Waals surface area contributed by atoms with Crippen LogP contribution >= 0.6 is 0 Å². The monoisotopic (exact) mass is 255 g/mol. The third-order valence-corrected chi connectivity index (χ3v) is 3.88. The molecule has 1 fully saturated rings. The van der Waals surface area contributed by atoms with Crippen molar-refractivity contribution in [2.24, 2.45) is 0 Å². The SMILES string of the molecule is Cc1c(C2CCCC2)nc(-c2ccncc2)[nH]c1=O. The molecule has 4 heteroatoms. The van der Waals surface area contributed by atoms with Gasteiger partial charge in [-0.15, -0.1) is 0 Å². The average molecular weight is 255 g/mol. The first-order valence-corrected chi connectivity index (χ1v) is 6.77. The van der Waals surface area contributed by atoms with Crippen LogP contribution in [0.1, 0.15) is 42.9 Å². The van der Waals surface area contributed by atoms with E-state index in [1.807, 2.05) is 19.1 Å². The molecule has 4 nitrogen and oxygen atoms in total. The van der Waals surface area contributed by atoms with Crippen LogP contribution in [0.5, 0.6) is 0 Å². The van der Waals surface area contributed by atoms with Crippen LogP contribution in [0.25, 0.3) is 11.4 Å². The fourth-order valence-corrected chi connectivity index (χ4v) is 2.79. The second-order valence-electron chi connectivity index (χ2n) is 5.14. The maximum Gasteiger partial charge on any atom is 0.254 e. The van der Waals surface area contributed by atoms with Crippen molar-refractivity contribution in [1.82, 2.24) is 15.0 Å². The van der Waals surface area contributed by atoms with Gasteiger partial charge in [0.1, 0.15) is 5.82 Å². The van der Waals surface area contributed by atoms with Crippen LogP contribution in [-0.2, 0) is 0 Å². The molecule has 2 aromatic rings. The van der Waals surface area contributed by atoms with Crippen molar-refractivity contribution in [3.05, 3.63) is 46.1 Å². The lowest BCUT2D eigenvalue weighted by molar-refractivity contribution is 0.686. The van der Waals surface area contributed by atoms with Gasteiger partial charge in [0.2, 0.25) is 0 Å². The number of hydrogen-bond acceptors (Lipinski definition) is 3. The Hall–Kier alpha value is -1.97. The first kappa shape index (κ1) is 12.1. The summed E-state index contributed by atoms with van der Waals surface area (Å²) in [5.41, 5.74) is 2.63. The lowest BCUT2D eigenvalue weighted by atomic mass is 10.00. The van der Waals surface area contributed by atoms with E-state index in [0.29, 0.717) is 11.7 Å². The molecular weight excluding hydrogens is 238 g/mol. The molecule has 0 amide bonds. The predicted molar refractivity (Wildman–Crippen MR) is 74.0 cm³/mol. The van der Waals surface area contributed by atoms with Crippen molar-refractivity contribution in [1.29, 1.82) is 0 Å². The molecule has 0 radical (unpaired) electrons. The summed E-state index contributed by atoms with van der Waals surface area (Å²) in [7, 11) is 0. The fourth-order valence-electron chi connectivity index (χ4n) is 2.79. The highest BCUT2D eigenvalue weighted by Gasteiger charge is 2.22. The maximum atomic E-state index is 12.1. The largest absolute Gasteiger partial charge is 0.306 e. The molecule has 0 unspecified atom stereocenters. The molecule has 98 valence electrons. The number of nitrogens with one attached hydrogen (secondary N) is 1. The standard InChI is InChI=1S/C15H17N3O/c1-10-13(11-4-2-3-5-11)17-14(18-15(10)19)12-6-8-16-9-7-12/h6-9,11H,2-5H2,1H3,(H,17,18,19). The van der Waals surface area contributed by atoms with Crippen molar-refractivity contribution in [3.8, 4) is 11.4 Å². The van der Waals surface area contributed by atoms with Crippen molar-refractivity contribution in [3.63, 3.8) is 0 Å². The van der Waals surface area contributed by atoms with Crippen molar-refractivity contribution in [2.75, 3.05) is 0 Å². The van der Waals surface area contributed by atoms with E-state index in [9.17, 15) is 4.79 Å². The average Bonchev–Trinajstić information content (AvgIpc) is 2.96. The van der Waals surface area contributed by atoms with Crippen LogP contribution in [0.4, 0.5) is 0 Å². The van der Waals surface area contributed by atoms with E-state index in [2.05, 4.69) is 9.97 Å². The summed E-state index contributed by atoms with van der Waals surface area (Å²) >= 11 is 0. The number of nitrogens with zero attached hydrogens (tertiary/aromatic N) is 2. The third kappa shape index (κ3) is 2.30. The molecule has 0 aromatic carbocycles. The topological polar surface area (TPSA) is 58.6 Å². The Balaban J connectivity index is 2.10. The van der Waals surface area contributed by atoms with Crippen molar-refractivity contribution >= 4 is 0 Å². The summed E-state index contributed by atoms with van der Waals surface area (Å²) in [5.74, 6) is 1.10. The van der Waals surface area contributed by atoms with Crippen LogP contribution in [-0.4, -0.2) is 15.0 Å². The molecule has 0 aliphatic heterocycles. The molecule has 1 aliphatic rings. The number of pyridine rings is 1. The Labute approximate surface area is 111 Å². The second kappa shape index (κ2) is 4.96. The number of aromatic amines is 1. The van der Waals surface area contributed by atoms with Crippen LogP contribution in [0, 0.1) is 6.92 Å². The Bertz CT molecular complexity index is 628. The van der Waals surface area contributed by atoms with E-state index in [0.717, 1.165) is 29.7 Å². The molecule has 3 rings (SSSR count). The number of aromatic nitrogens is 3. The van der Waals surface area contributed by atoms with E-state index < -0.39 is 0 Å². The van der Waals surface area contributed by atoms with Crippen LogP contribution in [0.15, 0.2) is 29.3 Å². The van der Waals surface area contributed by atoms with E-state index in [-0.39, 0.29) is 5.56 Å². The molecular formula is C15H17N3O. The van der Waals surface area contributed by atoms with Crippen molar-refractivity contribution in [2.45, 2.75) is 38.5 Å². The molecule has 0 atom stereocenters. The molecule has 2 heterocycles. The van der Waals surface area contributed by atoms with Gasteiger partial charge in [-0.2, -0.15) is 0 Å². The summed E-state index contributed by atoms with van der Waals surface area (Å²) < 4.78 is 0. The summed E-state index contributed by atoms with van der Waals surface area (Å²) in [6.07, 6.45) is 8.20. The second-order valence-corrected chi connectivity index (χ2v) is 5.14. The molecule has 0 bridgehead atoms. The van der Waals surface area contributed by atoms with Gasteiger partial charge in [-0.05, 0) is 31.9 Å². The minimum Gasteiger partial charge on any atom is -0.306 e. The quantitative estimate of drug-likeness (QED) is 0.897. The highest BCUT2D eigenvalue weighted by atomic mass is 16.1. The molecule has 19 heavy (non-hydrogen) atoms. The number of hydrogen-bond donors (Lipinski definition) is 1. The van der Waals surface area contributed by atoms with Gasteiger partial charge in [0, 0.05) is 29.4 Å². The van der Waals surface area contributed by atoms with E-state index in [1.54, 1.807) is 12.4 Å². The zero-order valence-corrected chi connectivity index (χ0v) is 11.0. The van der Waals surface area contributed by atoms with Gasteiger partial charge in [-0.1, -0.05) is 12.8 Å². The summed E-state index contributed by atoms with van der Waals surface area (Å²) in [5, 5.41) is 0. The fraction of sp³-hybridized carbons (Fsp3) is 0.400. The van der Waals surface area contributed by atoms with Gasteiger partial charge in [0.05, 0.1) is 5.69 Å². The Kier molecular flexibility index (Phi) is 3.15. The van der Waals surface area contributed by atoms with E-state index in [4.69, 9.17) is 4.98 Å². The van der Waals surface area contributed by atoms with Crippen LogP contribution in [0.2, 0.25) is 0 Å². The molecule has 0 saturated heterocycles. The first-order valence-electron chi connectivity index (χ1n) is 6.77. The molecule has 1 saturated carbocycles. The zero-order chi connectivity index (χ0) is 13.2. The Morgan fingerprint density at radius 1 is 1.21 bits per heavy atom. The predicted octanol–water partition coefficient (Wildman–Crippen LogP) is 2.80. The lowest BCUT2D eigenvalue weighted by Gasteiger charge is -2.12. The van der Waals surface area contributed by atoms with Crippen molar-refractivity contribution < 1.29 is 0 Å². The minimum atomic E-state index is -0.0243. The van der Waals surface area contributed by atoms with E-state index >= 15 is 0 Å². The highest BCUT2D eigenvalue weighted by Crippen LogP contribution is 2.34. The third-order valence-electron chi connectivity index (χ3n) is 3.88. The van der Waals surface area contributed by atoms with Gasteiger partial charge in [-0.3, -0.25) is 9.78 Å². The summed E-state index contributed by atoms with van der Waals surface area (Å²) in [6, 6.07) is 3.73. The Morgan fingerprint density at radius 2 is 1.89 bits per heavy atom. The zero-order valence-electron chi connectivity index (χ0n) is 11.0. The molecule has 2 aromatic heterocycles. The van der Waals surface area contributed by atoms with Crippen LogP contribution in [0.3, 0.4) is 0 Å². The van der Waals surface area contributed by atoms with Gasteiger partial charge < -0.3 is 4.98 Å². The van der Waals surface area contributed by atoms with Gasteiger partial charge in [-0.25, -0.2) is 4.98 Å². The van der Waals surface area contributed by atoms with Crippen LogP contribution < -0.4 is 5.56 Å². The molecule has 0 spiro atoms. The smallest absolute Gasteiger partial charge is 0.254 e. The molecule has 1 N–H and O–H groups in total. The number of rotatable bonds is 2. The van der Waals surface area contributed by atoms with Gasteiger partial charge in [0.25, 0.3) is 5.56 Å². The normalized spacial score (nSPS) is 15.8. The highest BCUT2D eigenvalue weighted by molar-refractivity contribution is 5.54. The van der Waals surface area contributed by atoms with E-state index in [1.165, 1.54) is 12.8 Å². The first-order chi connectivity index (χ1) is 9.25. The molecule has 1 aliphatic carbocycles. The van der Waals surface area contributed by atoms with Gasteiger partial charge in [0.15, 0.2) is 0 Å². The summed E-state index contributed by atoms with van der Waals surface area (Å²) in [4.78, 5) is 23.6.